The maximum absolute atomic E-state index is 10.9. The number of rotatable bonds is 9. The van der Waals surface area contributed by atoms with Gasteiger partial charge in [0.1, 0.15) is 12.6 Å². The van der Waals surface area contributed by atoms with Crippen molar-refractivity contribution in [1.29, 1.82) is 0 Å². The van der Waals surface area contributed by atoms with Gasteiger partial charge in [-0.2, -0.15) is 0 Å². The van der Waals surface area contributed by atoms with Crippen LogP contribution in [0, 0.1) is 0 Å². The summed E-state index contributed by atoms with van der Waals surface area (Å²) in [6.07, 6.45) is 0. The number of ether oxygens (including phenoxy) is 2. The molecule has 0 aromatic heterocycles. The van der Waals surface area contributed by atoms with Gasteiger partial charge in [0.15, 0.2) is 11.5 Å². The predicted octanol–water partition coefficient (Wildman–Crippen LogP) is 3.88. The summed E-state index contributed by atoms with van der Waals surface area (Å²) in [4.78, 5) is 10.9. The Hall–Kier alpha value is -2.24. The lowest BCUT2D eigenvalue weighted by molar-refractivity contribution is -0.139. The molecule has 0 fully saturated rings. The molecule has 2 aromatic rings. The molecule has 2 rings (SSSR count). The molecule has 0 saturated carbocycles. The molecular weight excluding hydrogens is 342 g/mol. The Labute approximate surface area is 152 Å². The van der Waals surface area contributed by atoms with Crippen LogP contribution in [0.2, 0.25) is 5.02 Å². The van der Waals surface area contributed by atoms with Gasteiger partial charge in [0.2, 0.25) is 0 Å². The van der Waals surface area contributed by atoms with Crippen molar-refractivity contribution >= 4 is 17.6 Å². The minimum Gasteiger partial charge on any atom is -0.490 e. The summed E-state index contributed by atoms with van der Waals surface area (Å²) in [5.74, 6) is 0.401. The highest BCUT2D eigenvalue weighted by Gasteiger charge is 2.11. The van der Waals surface area contributed by atoms with Crippen molar-refractivity contribution in [1.82, 2.24) is 5.32 Å². The van der Waals surface area contributed by atoms with Crippen molar-refractivity contribution < 1.29 is 19.4 Å². The zero-order valence-corrected chi connectivity index (χ0v) is 15.0. The van der Waals surface area contributed by atoms with E-state index >= 15 is 0 Å². The summed E-state index contributed by atoms with van der Waals surface area (Å²) in [6.45, 7) is 4.87. The summed E-state index contributed by atoms with van der Waals surface area (Å²) in [5.41, 5.74) is 1.93. The monoisotopic (exact) mass is 363 g/mol. The van der Waals surface area contributed by atoms with Crippen LogP contribution in [-0.4, -0.2) is 23.7 Å². The van der Waals surface area contributed by atoms with Crippen molar-refractivity contribution in [2.75, 3.05) is 6.61 Å². The summed E-state index contributed by atoms with van der Waals surface area (Å²) < 4.78 is 11.5. The molecule has 5 nitrogen and oxygen atoms in total. The van der Waals surface area contributed by atoms with Crippen molar-refractivity contribution in [2.24, 2.45) is 0 Å². The Morgan fingerprint density at radius 2 is 1.80 bits per heavy atom. The van der Waals surface area contributed by atoms with Crippen LogP contribution in [0.1, 0.15) is 25.0 Å². The predicted molar refractivity (Wildman–Crippen MR) is 97.3 cm³/mol. The van der Waals surface area contributed by atoms with E-state index in [4.69, 9.17) is 26.2 Å². The summed E-state index contributed by atoms with van der Waals surface area (Å²) >= 11 is 5.88. The number of nitrogens with one attached hydrogen (secondary N) is 1. The van der Waals surface area contributed by atoms with Gasteiger partial charge in [-0.15, -0.1) is 0 Å². The summed E-state index contributed by atoms with van der Waals surface area (Å²) in [6, 6.07) is 12.4. The van der Waals surface area contributed by atoms with Gasteiger partial charge in [0.05, 0.1) is 6.61 Å². The van der Waals surface area contributed by atoms with Crippen LogP contribution in [0.15, 0.2) is 42.5 Å². The third kappa shape index (κ3) is 5.96. The third-order valence-corrected chi connectivity index (χ3v) is 3.85. The molecule has 0 amide bonds. The molecule has 2 N–H and O–H groups in total. The van der Waals surface area contributed by atoms with E-state index in [0.717, 1.165) is 11.1 Å². The van der Waals surface area contributed by atoms with E-state index < -0.39 is 12.0 Å². The molecular formula is C19H22ClNO4. The molecule has 0 radical (unpaired) electrons. The number of hydrogen-bond donors (Lipinski definition) is 2. The molecule has 2 aromatic carbocycles. The fourth-order valence-electron chi connectivity index (χ4n) is 2.15. The Balaban J connectivity index is 2.04. The zero-order valence-electron chi connectivity index (χ0n) is 14.3. The van der Waals surface area contributed by atoms with E-state index in [9.17, 15) is 4.79 Å². The number of hydrogen-bond acceptors (Lipinski definition) is 4. The van der Waals surface area contributed by atoms with E-state index in [1.54, 1.807) is 6.92 Å². The Bertz CT molecular complexity index is 703. The van der Waals surface area contributed by atoms with Gasteiger partial charge >= 0.3 is 5.97 Å². The van der Waals surface area contributed by atoms with Gasteiger partial charge in [0.25, 0.3) is 0 Å². The maximum atomic E-state index is 10.9. The van der Waals surface area contributed by atoms with Crippen LogP contribution in [0.4, 0.5) is 0 Å². The molecule has 0 aliphatic rings. The first-order valence-corrected chi connectivity index (χ1v) is 8.46. The molecule has 1 atom stereocenters. The van der Waals surface area contributed by atoms with E-state index in [-0.39, 0.29) is 0 Å². The zero-order chi connectivity index (χ0) is 18.2. The van der Waals surface area contributed by atoms with Crippen molar-refractivity contribution in [3.05, 3.63) is 58.6 Å². The highest BCUT2D eigenvalue weighted by molar-refractivity contribution is 6.30. The van der Waals surface area contributed by atoms with Crippen molar-refractivity contribution in [2.45, 2.75) is 33.0 Å². The number of carboxylic acids is 1. The highest BCUT2D eigenvalue weighted by Crippen LogP contribution is 2.29. The lowest BCUT2D eigenvalue weighted by atomic mass is 10.2. The smallest absolute Gasteiger partial charge is 0.320 e. The topological polar surface area (TPSA) is 67.8 Å². The van der Waals surface area contributed by atoms with Crippen LogP contribution in [0.3, 0.4) is 0 Å². The largest absolute Gasteiger partial charge is 0.490 e. The number of aliphatic carboxylic acids is 1. The second-order valence-corrected chi connectivity index (χ2v) is 6.01. The quantitative estimate of drug-likeness (QED) is 0.707. The fraction of sp³-hybridized carbons (Fsp3) is 0.316. The summed E-state index contributed by atoms with van der Waals surface area (Å²) in [5, 5.41) is 12.6. The molecule has 0 bridgehead atoms. The second kappa shape index (κ2) is 9.30. The molecule has 0 aliphatic carbocycles. The Kier molecular flexibility index (Phi) is 7.10. The molecule has 1 unspecified atom stereocenters. The average Bonchev–Trinajstić information content (AvgIpc) is 2.60. The van der Waals surface area contributed by atoms with Crippen LogP contribution in [0.25, 0.3) is 0 Å². The number of halogens is 1. The Morgan fingerprint density at radius 3 is 2.44 bits per heavy atom. The molecule has 25 heavy (non-hydrogen) atoms. The average molecular weight is 364 g/mol. The van der Waals surface area contributed by atoms with Crippen LogP contribution in [0.5, 0.6) is 11.5 Å². The highest BCUT2D eigenvalue weighted by atomic mass is 35.5. The van der Waals surface area contributed by atoms with Gasteiger partial charge in [-0.25, -0.2) is 0 Å². The first-order chi connectivity index (χ1) is 12.0. The first kappa shape index (κ1) is 19.1. The van der Waals surface area contributed by atoms with Crippen molar-refractivity contribution in [3.63, 3.8) is 0 Å². The van der Waals surface area contributed by atoms with E-state index in [1.807, 2.05) is 49.4 Å². The molecule has 0 saturated heterocycles. The van der Waals surface area contributed by atoms with Gasteiger partial charge in [0, 0.05) is 11.6 Å². The molecule has 134 valence electrons. The standard InChI is InChI=1S/C19H22ClNO4/c1-3-24-18-10-15(11-21-13(2)19(22)23)6-9-17(18)25-12-14-4-7-16(20)8-5-14/h4-10,13,21H,3,11-12H2,1-2H3,(H,22,23). The number of carbonyl (C=O) groups is 1. The van der Waals surface area contributed by atoms with E-state index in [2.05, 4.69) is 5.32 Å². The minimum atomic E-state index is -0.882. The lowest BCUT2D eigenvalue weighted by Gasteiger charge is -2.15. The summed E-state index contributed by atoms with van der Waals surface area (Å²) in [7, 11) is 0. The van der Waals surface area contributed by atoms with Crippen molar-refractivity contribution in [3.8, 4) is 11.5 Å². The fourth-order valence-corrected chi connectivity index (χ4v) is 2.28. The van der Waals surface area contributed by atoms with E-state index in [0.29, 0.717) is 36.3 Å². The van der Waals surface area contributed by atoms with Gasteiger partial charge in [-0.1, -0.05) is 29.8 Å². The van der Waals surface area contributed by atoms with Gasteiger partial charge < -0.3 is 19.9 Å². The second-order valence-electron chi connectivity index (χ2n) is 5.57. The normalized spacial score (nSPS) is 11.8. The lowest BCUT2D eigenvalue weighted by Crippen LogP contribution is -2.33. The minimum absolute atomic E-state index is 0.408. The third-order valence-electron chi connectivity index (χ3n) is 3.60. The number of carboxylic acid groups (broad SMARTS) is 1. The molecule has 6 heteroatoms. The maximum Gasteiger partial charge on any atom is 0.320 e. The number of benzene rings is 2. The first-order valence-electron chi connectivity index (χ1n) is 8.08. The molecule has 0 heterocycles. The Morgan fingerprint density at radius 1 is 1.12 bits per heavy atom. The molecule has 0 aliphatic heterocycles. The SMILES string of the molecule is CCOc1cc(CNC(C)C(=O)O)ccc1OCc1ccc(Cl)cc1. The van der Waals surface area contributed by atoms with E-state index in [1.165, 1.54) is 0 Å². The molecule has 0 spiro atoms. The van der Waals surface area contributed by atoms with Crippen LogP contribution < -0.4 is 14.8 Å². The van der Waals surface area contributed by atoms with Gasteiger partial charge in [-0.05, 0) is 49.2 Å². The van der Waals surface area contributed by atoms with Gasteiger partial charge in [-0.3, -0.25) is 4.79 Å². The van der Waals surface area contributed by atoms with Crippen LogP contribution >= 0.6 is 11.6 Å². The van der Waals surface area contributed by atoms with Crippen LogP contribution in [-0.2, 0) is 17.9 Å².